The molecular weight excluding hydrogens is 353 g/mol. The van der Waals surface area contributed by atoms with Crippen LogP contribution < -0.4 is 4.31 Å². The molecule has 0 radical (unpaired) electrons. The van der Waals surface area contributed by atoms with E-state index in [0.717, 1.165) is 18.2 Å². The van der Waals surface area contributed by atoms with E-state index in [4.69, 9.17) is 34.8 Å². The van der Waals surface area contributed by atoms with Crippen molar-refractivity contribution in [3.05, 3.63) is 29.8 Å². The predicted molar refractivity (Wildman–Crippen MR) is 68.3 cm³/mol. The maximum Gasteiger partial charge on any atom is 0.494 e. The van der Waals surface area contributed by atoms with E-state index >= 15 is 0 Å². The van der Waals surface area contributed by atoms with Crippen molar-refractivity contribution in [3.8, 4) is 0 Å². The lowest BCUT2D eigenvalue weighted by molar-refractivity contribution is -0.114. The first kappa shape index (κ1) is 16.7. The average Bonchev–Trinajstić information content (AvgIpc) is 2.23. The maximum absolute atomic E-state index is 12.8. The highest BCUT2D eigenvalue weighted by Crippen LogP contribution is 2.47. The second kappa shape index (κ2) is 5.95. The molecule has 0 aliphatic rings. The molecule has 0 N–H and O–H groups in total. The summed E-state index contributed by atoms with van der Waals surface area (Å²) in [6.07, 6.45) is -4.88. The van der Waals surface area contributed by atoms with Crippen molar-refractivity contribution in [2.45, 2.75) is 9.42 Å². The summed E-state index contributed by atoms with van der Waals surface area (Å²) < 4.78 is 48.4. The van der Waals surface area contributed by atoms with Crippen LogP contribution in [-0.2, 0) is 0 Å². The van der Waals surface area contributed by atoms with Gasteiger partial charge < -0.3 is 0 Å². The Balaban J connectivity index is 3.18. The molecule has 0 fully saturated rings. The van der Waals surface area contributed by atoms with Gasteiger partial charge in [0.1, 0.15) is 0 Å². The van der Waals surface area contributed by atoms with Crippen LogP contribution >= 0.6 is 46.8 Å². The number of hydrogen-bond donors (Lipinski definition) is 0. The first-order valence-electron chi connectivity index (χ1n) is 4.43. The van der Waals surface area contributed by atoms with Gasteiger partial charge in [-0.2, -0.15) is 4.39 Å². The molecule has 0 atom stereocenters. The molecule has 0 aliphatic heterocycles. The van der Waals surface area contributed by atoms with Gasteiger partial charge in [0.15, 0.2) is 0 Å². The Kier molecular flexibility index (Phi) is 5.22. The number of alkyl halides is 6. The molecule has 1 aromatic rings. The van der Waals surface area contributed by atoms with E-state index in [9.17, 15) is 22.4 Å². The summed E-state index contributed by atoms with van der Waals surface area (Å²) in [4.78, 5) is 10.5. The summed E-state index contributed by atoms with van der Waals surface area (Å²) in [5.41, 5.74) is -1.07. The van der Waals surface area contributed by atoms with Crippen LogP contribution in [0.5, 0.6) is 0 Å². The standard InChI is InChI=1S/C9H4Cl3F4NOS/c10-8(11,12)19-17(9(14,15)16)6-3-1-2-5(4-6)7(13)18/h1-4H. The SMILES string of the molecule is O=C(F)c1cccc(N(SC(Cl)(Cl)Cl)C(F)(F)F)c1. The third-order valence-electron chi connectivity index (χ3n) is 1.73. The molecule has 0 bridgehead atoms. The maximum atomic E-state index is 12.8. The number of carbonyl (C=O) groups is 1. The van der Waals surface area contributed by atoms with Crippen molar-refractivity contribution in [2.75, 3.05) is 4.31 Å². The van der Waals surface area contributed by atoms with Gasteiger partial charge in [-0.15, -0.1) is 13.2 Å². The fraction of sp³-hybridized carbons (Fsp3) is 0.222. The summed E-state index contributed by atoms with van der Waals surface area (Å²) in [6, 6.07) is 1.96. The number of rotatable bonds is 3. The minimum atomic E-state index is -4.88. The number of halogens is 7. The van der Waals surface area contributed by atoms with Gasteiger partial charge in [0, 0.05) is 11.9 Å². The minimum absolute atomic E-state index is 0.147. The molecular formula is C9H4Cl3F4NOS. The third-order valence-corrected chi connectivity index (χ3v) is 3.16. The van der Waals surface area contributed by atoms with Gasteiger partial charge in [0.05, 0.1) is 11.3 Å². The molecule has 1 rings (SSSR count). The topological polar surface area (TPSA) is 20.3 Å². The van der Waals surface area contributed by atoms with E-state index in [2.05, 4.69) is 0 Å². The molecule has 1 aromatic carbocycles. The molecule has 0 spiro atoms. The zero-order valence-corrected chi connectivity index (χ0v) is 11.8. The van der Waals surface area contributed by atoms with E-state index in [0.29, 0.717) is 6.07 Å². The first-order chi connectivity index (χ1) is 8.50. The van der Waals surface area contributed by atoms with E-state index in [-0.39, 0.29) is 16.3 Å². The van der Waals surface area contributed by atoms with Crippen molar-refractivity contribution in [1.29, 1.82) is 0 Å². The van der Waals surface area contributed by atoms with Crippen LogP contribution in [0.4, 0.5) is 23.2 Å². The molecule has 10 heteroatoms. The van der Waals surface area contributed by atoms with Gasteiger partial charge in [-0.25, -0.2) is 4.31 Å². The lowest BCUT2D eigenvalue weighted by Crippen LogP contribution is -2.34. The van der Waals surface area contributed by atoms with Crippen molar-refractivity contribution in [3.63, 3.8) is 0 Å². The van der Waals surface area contributed by atoms with Crippen molar-refractivity contribution in [2.24, 2.45) is 0 Å². The molecule has 0 heterocycles. The summed E-state index contributed by atoms with van der Waals surface area (Å²) in [5.74, 6) is 0. The van der Waals surface area contributed by atoms with Crippen LogP contribution in [0.2, 0.25) is 0 Å². The monoisotopic (exact) mass is 355 g/mol. The fourth-order valence-corrected chi connectivity index (χ4v) is 2.26. The minimum Gasteiger partial charge on any atom is -0.255 e. The first-order valence-corrected chi connectivity index (χ1v) is 6.34. The van der Waals surface area contributed by atoms with Gasteiger partial charge in [-0.05, 0) is 18.2 Å². The zero-order valence-electron chi connectivity index (χ0n) is 8.72. The Labute approximate surface area is 124 Å². The van der Waals surface area contributed by atoms with Crippen LogP contribution in [0, 0.1) is 0 Å². The highest BCUT2D eigenvalue weighted by Gasteiger charge is 2.43. The molecule has 0 unspecified atom stereocenters. The number of nitrogens with zero attached hydrogens (tertiary/aromatic N) is 1. The molecule has 106 valence electrons. The lowest BCUT2D eigenvalue weighted by atomic mass is 10.2. The highest BCUT2D eigenvalue weighted by molar-refractivity contribution is 8.05. The van der Waals surface area contributed by atoms with Gasteiger partial charge >= 0.3 is 12.3 Å². The predicted octanol–water partition coefficient (Wildman–Crippen LogP) is 5.10. The Bertz CT molecular complexity index is 477. The second-order valence-corrected chi connectivity index (χ2v) is 7.24. The Morgan fingerprint density at radius 1 is 1.21 bits per heavy atom. The zero-order chi connectivity index (χ0) is 14.8. The van der Waals surface area contributed by atoms with Crippen molar-refractivity contribution in [1.82, 2.24) is 0 Å². The van der Waals surface area contributed by atoms with Crippen LogP contribution in [0.1, 0.15) is 10.4 Å². The molecule has 0 saturated carbocycles. The second-order valence-electron chi connectivity index (χ2n) is 3.12. The number of benzene rings is 1. The number of carbonyl (C=O) groups excluding carboxylic acids is 1. The lowest BCUT2D eigenvalue weighted by Gasteiger charge is -2.28. The van der Waals surface area contributed by atoms with Crippen molar-refractivity contribution >= 4 is 58.5 Å². The summed E-state index contributed by atoms with van der Waals surface area (Å²) in [7, 11) is 0. The molecule has 0 saturated heterocycles. The van der Waals surface area contributed by atoms with E-state index in [1.165, 1.54) is 0 Å². The fourth-order valence-electron chi connectivity index (χ4n) is 1.11. The van der Waals surface area contributed by atoms with Crippen LogP contribution in [-0.4, -0.2) is 15.5 Å². The average molecular weight is 357 g/mol. The number of hydrogen-bond acceptors (Lipinski definition) is 3. The van der Waals surface area contributed by atoms with E-state index in [1.54, 1.807) is 0 Å². The summed E-state index contributed by atoms with van der Waals surface area (Å²) in [5, 5.41) is 0. The summed E-state index contributed by atoms with van der Waals surface area (Å²) >= 11 is 15.7. The summed E-state index contributed by atoms with van der Waals surface area (Å²) in [6.45, 7) is 0. The van der Waals surface area contributed by atoms with E-state index < -0.39 is 26.7 Å². The van der Waals surface area contributed by atoms with Crippen LogP contribution in [0.3, 0.4) is 0 Å². The van der Waals surface area contributed by atoms with Crippen molar-refractivity contribution < 1.29 is 22.4 Å². The highest BCUT2D eigenvalue weighted by atomic mass is 35.6. The van der Waals surface area contributed by atoms with Gasteiger partial charge in [0.25, 0.3) is 3.12 Å². The largest absolute Gasteiger partial charge is 0.494 e. The molecule has 19 heavy (non-hydrogen) atoms. The molecule has 0 amide bonds. The van der Waals surface area contributed by atoms with Gasteiger partial charge in [-0.1, -0.05) is 40.9 Å². The smallest absolute Gasteiger partial charge is 0.255 e. The van der Waals surface area contributed by atoms with Gasteiger partial charge in [0.2, 0.25) is 0 Å². The third kappa shape index (κ3) is 5.25. The molecule has 0 aromatic heterocycles. The molecule has 0 aliphatic carbocycles. The van der Waals surface area contributed by atoms with Gasteiger partial charge in [-0.3, -0.25) is 4.79 Å². The molecule has 2 nitrogen and oxygen atoms in total. The Hall–Kier alpha value is -0.370. The van der Waals surface area contributed by atoms with Crippen LogP contribution in [0.15, 0.2) is 24.3 Å². The quantitative estimate of drug-likeness (QED) is 0.247. The normalized spacial score (nSPS) is 12.4. The van der Waals surface area contributed by atoms with Crippen LogP contribution in [0.25, 0.3) is 0 Å². The number of anilines is 1. The Morgan fingerprint density at radius 3 is 2.21 bits per heavy atom. The van der Waals surface area contributed by atoms with E-state index in [1.807, 2.05) is 0 Å². The Morgan fingerprint density at radius 2 is 1.79 bits per heavy atom.